The predicted molar refractivity (Wildman–Crippen MR) is 83.1 cm³/mol. The molecular formula is C15H14BrFN4. The minimum Gasteiger partial charge on any atom is -0.271 e. The highest BCUT2D eigenvalue weighted by molar-refractivity contribution is 9.10. The van der Waals surface area contributed by atoms with Crippen LogP contribution in [0.2, 0.25) is 0 Å². The van der Waals surface area contributed by atoms with Crippen molar-refractivity contribution >= 4 is 21.4 Å². The molecule has 0 radical (unpaired) electrons. The van der Waals surface area contributed by atoms with E-state index in [-0.39, 0.29) is 11.9 Å². The van der Waals surface area contributed by atoms with Gasteiger partial charge in [0.2, 0.25) is 0 Å². The summed E-state index contributed by atoms with van der Waals surface area (Å²) < 4.78 is 15.7. The van der Waals surface area contributed by atoms with E-state index in [0.717, 1.165) is 21.1 Å². The number of aromatic nitrogens is 2. The highest BCUT2D eigenvalue weighted by Gasteiger charge is 2.17. The van der Waals surface area contributed by atoms with Gasteiger partial charge in [0.05, 0.1) is 17.8 Å². The van der Waals surface area contributed by atoms with E-state index >= 15 is 0 Å². The zero-order chi connectivity index (χ0) is 14.8. The third-order valence-corrected chi connectivity index (χ3v) is 4.21. The van der Waals surface area contributed by atoms with E-state index in [1.807, 2.05) is 24.4 Å². The van der Waals surface area contributed by atoms with Gasteiger partial charge in [-0.15, -0.1) is 0 Å². The molecular weight excluding hydrogens is 335 g/mol. The number of fused-ring (bicyclic) bond motifs is 1. The fraction of sp³-hybridized carbons (Fsp3) is 0.133. The molecule has 108 valence electrons. The summed E-state index contributed by atoms with van der Waals surface area (Å²) in [4.78, 5) is 0. The van der Waals surface area contributed by atoms with Crippen molar-refractivity contribution in [2.24, 2.45) is 5.84 Å². The zero-order valence-corrected chi connectivity index (χ0v) is 12.7. The molecule has 0 saturated heterocycles. The second-order valence-electron chi connectivity index (χ2n) is 4.79. The molecule has 3 N–H and O–H groups in total. The van der Waals surface area contributed by atoms with Crippen LogP contribution in [-0.4, -0.2) is 9.61 Å². The zero-order valence-electron chi connectivity index (χ0n) is 11.1. The molecule has 0 bridgehead atoms. The maximum atomic E-state index is 13.2. The molecule has 3 aromatic rings. The van der Waals surface area contributed by atoms with Gasteiger partial charge in [-0.25, -0.2) is 8.91 Å². The van der Waals surface area contributed by atoms with E-state index in [1.54, 1.807) is 16.8 Å². The summed E-state index contributed by atoms with van der Waals surface area (Å²) in [6.45, 7) is 0. The normalized spacial score (nSPS) is 12.7. The van der Waals surface area contributed by atoms with Crippen LogP contribution in [0.4, 0.5) is 4.39 Å². The summed E-state index contributed by atoms with van der Waals surface area (Å²) in [5, 5.41) is 4.32. The quantitative estimate of drug-likeness (QED) is 0.562. The number of nitrogens with one attached hydrogen (secondary N) is 1. The standard InChI is InChI=1S/C15H14BrFN4/c16-13-8-11(17)5-4-10(13)7-14(20-18)12-9-19-21-6-2-1-3-15(12)21/h1-6,8-9,14,20H,7,18H2. The first-order chi connectivity index (χ1) is 10.2. The van der Waals surface area contributed by atoms with E-state index in [9.17, 15) is 4.39 Å². The summed E-state index contributed by atoms with van der Waals surface area (Å²) in [5.41, 5.74) is 5.81. The Hall–Kier alpha value is -1.76. The highest BCUT2D eigenvalue weighted by atomic mass is 79.9. The fourth-order valence-corrected chi connectivity index (χ4v) is 2.90. The lowest BCUT2D eigenvalue weighted by Gasteiger charge is -2.16. The third-order valence-electron chi connectivity index (χ3n) is 3.47. The second kappa shape index (κ2) is 5.93. The predicted octanol–water partition coefficient (Wildman–Crippen LogP) is 2.98. The van der Waals surface area contributed by atoms with Crippen LogP contribution in [0.15, 0.2) is 53.3 Å². The lowest BCUT2D eigenvalue weighted by molar-refractivity contribution is 0.553. The van der Waals surface area contributed by atoms with Crippen LogP contribution in [0, 0.1) is 5.82 Å². The van der Waals surface area contributed by atoms with E-state index < -0.39 is 0 Å². The van der Waals surface area contributed by atoms with Crippen LogP contribution in [0.25, 0.3) is 5.52 Å². The average Bonchev–Trinajstić information content (AvgIpc) is 2.91. The topological polar surface area (TPSA) is 55.3 Å². The van der Waals surface area contributed by atoms with Gasteiger partial charge in [-0.05, 0) is 36.2 Å². The second-order valence-corrected chi connectivity index (χ2v) is 5.64. The molecule has 0 fully saturated rings. The lowest BCUT2D eigenvalue weighted by Crippen LogP contribution is -2.29. The summed E-state index contributed by atoms with van der Waals surface area (Å²) in [7, 11) is 0. The Bertz CT molecular complexity index is 771. The molecule has 1 aromatic carbocycles. The van der Waals surface area contributed by atoms with Gasteiger partial charge in [-0.3, -0.25) is 11.3 Å². The van der Waals surface area contributed by atoms with Crippen LogP contribution in [0.1, 0.15) is 17.2 Å². The first-order valence-electron chi connectivity index (χ1n) is 6.51. The maximum absolute atomic E-state index is 13.2. The number of hydrogen-bond acceptors (Lipinski definition) is 3. The Morgan fingerprint density at radius 3 is 2.95 bits per heavy atom. The summed E-state index contributed by atoms with van der Waals surface area (Å²) in [6, 6.07) is 10.4. The number of rotatable bonds is 4. The summed E-state index contributed by atoms with van der Waals surface area (Å²) >= 11 is 3.39. The Morgan fingerprint density at radius 2 is 2.19 bits per heavy atom. The molecule has 0 aliphatic heterocycles. The van der Waals surface area contributed by atoms with Gasteiger partial charge < -0.3 is 0 Å². The summed E-state index contributed by atoms with van der Waals surface area (Å²) in [6.07, 6.45) is 4.32. The van der Waals surface area contributed by atoms with Gasteiger partial charge in [0.25, 0.3) is 0 Å². The van der Waals surface area contributed by atoms with Gasteiger partial charge >= 0.3 is 0 Å². The molecule has 21 heavy (non-hydrogen) atoms. The Balaban J connectivity index is 1.95. The number of hydrazine groups is 1. The molecule has 1 atom stereocenters. The van der Waals surface area contributed by atoms with Gasteiger partial charge in [-0.2, -0.15) is 5.10 Å². The number of pyridine rings is 1. The maximum Gasteiger partial charge on any atom is 0.124 e. The first kappa shape index (κ1) is 14.2. The van der Waals surface area contributed by atoms with Crippen molar-refractivity contribution in [2.75, 3.05) is 0 Å². The molecule has 0 aliphatic carbocycles. The smallest absolute Gasteiger partial charge is 0.124 e. The largest absolute Gasteiger partial charge is 0.271 e. The third kappa shape index (κ3) is 2.83. The number of hydrogen-bond donors (Lipinski definition) is 2. The minimum atomic E-state index is -0.265. The molecule has 4 nitrogen and oxygen atoms in total. The van der Waals surface area contributed by atoms with E-state index in [0.29, 0.717) is 6.42 Å². The molecule has 0 aliphatic rings. The van der Waals surface area contributed by atoms with Crippen molar-refractivity contribution < 1.29 is 4.39 Å². The number of nitrogens with zero attached hydrogens (tertiary/aromatic N) is 2. The summed E-state index contributed by atoms with van der Waals surface area (Å²) in [5.74, 6) is 5.44. The number of nitrogens with two attached hydrogens (primary N) is 1. The Morgan fingerprint density at radius 1 is 1.33 bits per heavy atom. The van der Waals surface area contributed by atoms with Gasteiger partial charge in [0.15, 0.2) is 0 Å². The Kier molecular flexibility index (Phi) is 4.01. The molecule has 0 amide bonds. The van der Waals surface area contributed by atoms with E-state index in [4.69, 9.17) is 5.84 Å². The van der Waals surface area contributed by atoms with Crippen LogP contribution in [0.3, 0.4) is 0 Å². The van der Waals surface area contributed by atoms with Gasteiger partial charge in [-0.1, -0.05) is 28.1 Å². The first-order valence-corrected chi connectivity index (χ1v) is 7.30. The van der Waals surface area contributed by atoms with Crippen LogP contribution >= 0.6 is 15.9 Å². The van der Waals surface area contributed by atoms with Gasteiger partial charge in [0, 0.05) is 16.2 Å². The van der Waals surface area contributed by atoms with Crippen LogP contribution in [-0.2, 0) is 6.42 Å². The van der Waals surface area contributed by atoms with Crippen molar-refractivity contribution in [3.8, 4) is 0 Å². The van der Waals surface area contributed by atoms with Crippen LogP contribution < -0.4 is 11.3 Å². The molecule has 2 aromatic heterocycles. The Labute approximate surface area is 129 Å². The molecule has 2 heterocycles. The average molecular weight is 349 g/mol. The molecule has 0 saturated carbocycles. The van der Waals surface area contributed by atoms with E-state index in [1.165, 1.54) is 12.1 Å². The van der Waals surface area contributed by atoms with Gasteiger partial charge in [0.1, 0.15) is 5.82 Å². The van der Waals surface area contributed by atoms with E-state index in [2.05, 4.69) is 26.5 Å². The van der Waals surface area contributed by atoms with Crippen molar-refractivity contribution in [3.63, 3.8) is 0 Å². The van der Waals surface area contributed by atoms with Crippen LogP contribution in [0.5, 0.6) is 0 Å². The molecule has 1 unspecified atom stereocenters. The molecule has 0 spiro atoms. The lowest BCUT2D eigenvalue weighted by atomic mass is 10.0. The monoisotopic (exact) mass is 348 g/mol. The molecule has 3 rings (SSSR count). The SMILES string of the molecule is NNC(Cc1ccc(F)cc1Br)c1cnn2ccccc12. The van der Waals surface area contributed by atoms with Crippen molar-refractivity contribution in [1.29, 1.82) is 0 Å². The number of halogens is 2. The molecule has 6 heteroatoms. The number of benzene rings is 1. The van der Waals surface area contributed by atoms with Crippen molar-refractivity contribution in [3.05, 3.63) is 70.2 Å². The fourth-order valence-electron chi connectivity index (χ4n) is 2.39. The van der Waals surface area contributed by atoms with Crippen molar-refractivity contribution in [1.82, 2.24) is 15.0 Å². The highest BCUT2D eigenvalue weighted by Crippen LogP contribution is 2.26. The minimum absolute atomic E-state index is 0.105. The van der Waals surface area contributed by atoms with Crippen molar-refractivity contribution in [2.45, 2.75) is 12.5 Å².